The van der Waals surface area contributed by atoms with Gasteiger partial charge in [0.25, 0.3) is 5.91 Å². The lowest BCUT2D eigenvalue weighted by molar-refractivity contribution is 0.0859. The molecule has 2 aromatic carbocycles. The van der Waals surface area contributed by atoms with Crippen LogP contribution in [-0.2, 0) is 24.2 Å². The number of aryl methyl sites for hydroxylation is 1. The van der Waals surface area contributed by atoms with Crippen LogP contribution in [0.15, 0.2) is 48.5 Å². The van der Waals surface area contributed by atoms with Crippen LogP contribution in [0.2, 0.25) is 5.02 Å². The number of anilines is 2. The Labute approximate surface area is 202 Å². The largest absolute Gasteiger partial charge is 0.445 e. The molecule has 0 radical (unpaired) electrons. The van der Waals surface area contributed by atoms with Gasteiger partial charge in [-0.2, -0.15) is 9.78 Å². The molecule has 2 atom stereocenters. The van der Waals surface area contributed by atoms with E-state index in [0.29, 0.717) is 43.1 Å². The molecule has 176 valence electrons. The normalized spacial score (nSPS) is 18.9. The molecule has 0 saturated carbocycles. The number of ether oxygens (including phenoxy) is 1. The summed E-state index contributed by atoms with van der Waals surface area (Å²) in [5.41, 5.74) is 10.6. The van der Waals surface area contributed by atoms with E-state index >= 15 is 0 Å². The van der Waals surface area contributed by atoms with Crippen molar-refractivity contribution < 1.29 is 14.3 Å². The highest BCUT2D eigenvalue weighted by Crippen LogP contribution is 2.38. The van der Waals surface area contributed by atoms with Crippen LogP contribution in [0.3, 0.4) is 0 Å². The zero-order valence-corrected chi connectivity index (χ0v) is 19.3. The van der Waals surface area contributed by atoms with Gasteiger partial charge in [-0.1, -0.05) is 54.1 Å². The summed E-state index contributed by atoms with van der Waals surface area (Å²) in [7, 11) is 0. The molecule has 0 spiro atoms. The van der Waals surface area contributed by atoms with Gasteiger partial charge in [-0.05, 0) is 42.9 Å². The van der Waals surface area contributed by atoms with Crippen LogP contribution < -0.4 is 16.4 Å². The zero-order valence-electron chi connectivity index (χ0n) is 18.6. The van der Waals surface area contributed by atoms with Gasteiger partial charge in [-0.3, -0.25) is 4.79 Å². The molecule has 0 saturated heterocycles. The van der Waals surface area contributed by atoms with Gasteiger partial charge in [-0.25, -0.2) is 4.79 Å². The minimum Gasteiger partial charge on any atom is -0.445 e. The Balaban J connectivity index is 1.27. The van der Waals surface area contributed by atoms with Crippen LogP contribution >= 0.6 is 11.6 Å². The number of hydrogen-bond acceptors (Lipinski definition) is 6. The first-order valence-corrected chi connectivity index (χ1v) is 11.8. The third-order valence-electron chi connectivity index (χ3n) is 6.48. The number of halogens is 1. The second kappa shape index (κ2) is 9.38. The van der Waals surface area contributed by atoms with E-state index in [-0.39, 0.29) is 24.5 Å². The number of nitrogen functional groups attached to an aromatic ring is 1. The predicted octanol–water partition coefficient (Wildman–Crippen LogP) is 4.14. The maximum Gasteiger partial charge on any atom is 0.407 e. The molecule has 34 heavy (non-hydrogen) atoms. The topological polar surface area (TPSA) is 111 Å². The van der Waals surface area contributed by atoms with Gasteiger partial charge in [0.1, 0.15) is 12.4 Å². The molecule has 0 unspecified atom stereocenters. The van der Waals surface area contributed by atoms with Crippen molar-refractivity contribution in [1.29, 1.82) is 0 Å². The van der Waals surface area contributed by atoms with Crippen LogP contribution in [-0.4, -0.2) is 34.4 Å². The van der Waals surface area contributed by atoms with E-state index in [1.165, 1.54) is 4.68 Å². The van der Waals surface area contributed by atoms with Gasteiger partial charge in [0.05, 0.1) is 22.3 Å². The molecule has 9 heteroatoms. The van der Waals surface area contributed by atoms with Crippen molar-refractivity contribution in [2.24, 2.45) is 0 Å². The molecule has 2 heterocycles. The SMILES string of the molecule is Nc1c2c(nn1C(=O)[C@H]1CCNc3c(Cl)cccc31)CC[C@H](NC(=O)OCc1ccccc1)C2. The smallest absolute Gasteiger partial charge is 0.407 e. The molecule has 8 nitrogen and oxygen atoms in total. The third kappa shape index (κ3) is 4.33. The van der Waals surface area contributed by atoms with E-state index in [4.69, 9.17) is 22.1 Å². The van der Waals surface area contributed by atoms with Gasteiger partial charge >= 0.3 is 6.09 Å². The molecule has 1 amide bonds. The van der Waals surface area contributed by atoms with Crippen molar-refractivity contribution in [3.8, 4) is 0 Å². The van der Waals surface area contributed by atoms with Crippen LogP contribution in [0.4, 0.5) is 16.3 Å². The van der Waals surface area contributed by atoms with E-state index in [1.54, 1.807) is 6.07 Å². The lowest BCUT2D eigenvalue weighted by Gasteiger charge is -2.26. The standard InChI is InChI=1S/C25H26ClN5O3/c26-20-8-4-7-17-18(11-12-28-22(17)20)24(32)31-23(27)19-13-16(9-10-21(19)30-31)29-25(33)34-14-15-5-2-1-3-6-15/h1-8,16,18,28H,9-14,27H2,(H,29,33)/t16-,18-/m0/s1. The maximum atomic E-state index is 13.5. The van der Waals surface area contributed by atoms with E-state index in [0.717, 1.165) is 28.1 Å². The highest BCUT2D eigenvalue weighted by molar-refractivity contribution is 6.33. The lowest BCUT2D eigenvalue weighted by Crippen LogP contribution is -2.39. The fourth-order valence-electron chi connectivity index (χ4n) is 4.73. The number of nitrogens with zero attached hydrogens (tertiary/aromatic N) is 2. The van der Waals surface area contributed by atoms with Crippen molar-refractivity contribution in [3.63, 3.8) is 0 Å². The fourth-order valence-corrected chi connectivity index (χ4v) is 4.98. The summed E-state index contributed by atoms with van der Waals surface area (Å²) >= 11 is 6.32. The van der Waals surface area contributed by atoms with Crippen molar-refractivity contribution in [2.75, 3.05) is 17.6 Å². The number of aromatic nitrogens is 2. The van der Waals surface area contributed by atoms with E-state index in [2.05, 4.69) is 15.7 Å². The summed E-state index contributed by atoms with van der Waals surface area (Å²) < 4.78 is 6.68. The first-order valence-electron chi connectivity index (χ1n) is 11.4. The van der Waals surface area contributed by atoms with Gasteiger partial charge < -0.3 is 21.1 Å². The van der Waals surface area contributed by atoms with Crippen LogP contribution in [0.25, 0.3) is 0 Å². The number of fused-ring (bicyclic) bond motifs is 2. The Bertz CT molecular complexity index is 1230. The number of para-hydroxylation sites is 1. The number of rotatable bonds is 4. The summed E-state index contributed by atoms with van der Waals surface area (Å²) in [6, 6.07) is 15.0. The molecule has 0 bridgehead atoms. The van der Waals surface area contributed by atoms with Crippen LogP contribution in [0.5, 0.6) is 0 Å². The first-order chi connectivity index (χ1) is 16.5. The number of alkyl carbamates (subject to hydrolysis) is 1. The number of benzene rings is 2. The number of nitrogens with one attached hydrogen (secondary N) is 2. The number of carbonyl (C=O) groups excluding carboxylic acids is 2. The highest BCUT2D eigenvalue weighted by atomic mass is 35.5. The average Bonchev–Trinajstić information content (AvgIpc) is 3.19. The molecule has 1 aliphatic carbocycles. The molecular formula is C25H26ClN5O3. The summed E-state index contributed by atoms with van der Waals surface area (Å²) in [5, 5.41) is 11.3. The van der Waals surface area contributed by atoms with Crippen LogP contribution in [0, 0.1) is 0 Å². The Kier molecular flexibility index (Phi) is 6.15. The Morgan fingerprint density at radius 1 is 1.18 bits per heavy atom. The lowest BCUT2D eigenvalue weighted by atomic mass is 9.90. The predicted molar refractivity (Wildman–Crippen MR) is 130 cm³/mol. The number of amides is 1. The molecule has 1 aromatic heterocycles. The third-order valence-corrected chi connectivity index (χ3v) is 6.80. The molecule has 5 rings (SSSR count). The van der Waals surface area contributed by atoms with Crippen molar-refractivity contribution >= 4 is 35.1 Å². The molecular weight excluding hydrogens is 454 g/mol. The Morgan fingerprint density at radius 2 is 2.00 bits per heavy atom. The van der Waals surface area contributed by atoms with E-state index in [1.807, 2.05) is 42.5 Å². The minimum absolute atomic E-state index is 0.135. The van der Waals surface area contributed by atoms with E-state index < -0.39 is 6.09 Å². The monoisotopic (exact) mass is 479 g/mol. The van der Waals surface area contributed by atoms with Crippen LogP contribution in [0.1, 0.15) is 45.9 Å². The fraction of sp³-hybridized carbons (Fsp3) is 0.320. The summed E-state index contributed by atoms with van der Waals surface area (Å²) in [4.78, 5) is 25.7. The summed E-state index contributed by atoms with van der Waals surface area (Å²) in [5.74, 6) is -0.199. The zero-order chi connectivity index (χ0) is 23.7. The summed E-state index contributed by atoms with van der Waals surface area (Å²) in [6.07, 6.45) is 1.99. The second-order valence-corrected chi connectivity index (χ2v) is 9.09. The number of hydrogen-bond donors (Lipinski definition) is 3. The highest BCUT2D eigenvalue weighted by Gasteiger charge is 2.33. The van der Waals surface area contributed by atoms with Gasteiger partial charge in [-0.15, -0.1) is 0 Å². The molecule has 3 aromatic rings. The Morgan fingerprint density at radius 3 is 2.82 bits per heavy atom. The van der Waals surface area contributed by atoms with Crippen molar-refractivity contribution in [3.05, 3.63) is 75.9 Å². The van der Waals surface area contributed by atoms with Crippen molar-refractivity contribution in [2.45, 2.75) is 44.2 Å². The van der Waals surface area contributed by atoms with E-state index in [9.17, 15) is 9.59 Å². The molecule has 2 aliphatic rings. The summed E-state index contributed by atoms with van der Waals surface area (Å²) in [6.45, 7) is 0.853. The molecule has 1 aliphatic heterocycles. The average molecular weight is 480 g/mol. The second-order valence-electron chi connectivity index (χ2n) is 8.68. The molecule has 0 fully saturated rings. The maximum absolute atomic E-state index is 13.5. The Hall–Kier alpha value is -3.52. The van der Waals surface area contributed by atoms with Crippen molar-refractivity contribution in [1.82, 2.24) is 15.1 Å². The minimum atomic E-state index is -0.470. The van der Waals surface area contributed by atoms with Gasteiger partial charge in [0.2, 0.25) is 0 Å². The number of nitrogens with two attached hydrogens (primary N) is 1. The van der Waals surface area contributed by atoms with Gasteiger partial charge in [0.15, 0.2) is 0 Å². The first kappa shape index (κ1) is 22.3. The van der Waals surface area contributed by atoms with Gasteiger partial charge in [0, 0.05) is 18.2 Å². The number of carbonyl (C=O) groups is 2. The molecule has 4 N–H and O–H groups in total. The quantitative estimate of drug-likeness (QED) is 0.518.